The number of sulfonamides is 1. The first kappa shape index (κ1) is 22.8. The third-order valence-electron chi connectivity index (χ3n) is 4.67. The molecule has 0 saturated carbocycles. The van der Waals surface area contributed by atoms with Crippen molar-refractivity contribution >= 4 is 26.8 Å². The number of nitrogens with one attached hydrogen (secondary N) is 2. The summed E-state index contributed by atoms with van der Waals surface area (Å²) in [6, 6.07) is 10.0. The minimum Gasteiger partial charge on any atom is -0.355 e. The number of rotatable bonds is 9. The van der Waals surface area contributed by atoms with Crippen molar-refractivity contribution in [1.82, 2.24) is 14.9 Å². The molecule has 0 amide bonds. The van der Waals surface area contributed by atoms with Crippen molar-refractivity contribution in [2.75, 3.05) is 38.2 Å². The van der Waals surface area contributed by atoms with Crippen molar-refractivity contribution in [3.8, 4) is 0 Å². The van der Waals surface area contributed by atoms with Crippen molar-refractivity contribution in [1.29, 1.82) is 0 Å². The first-order chi connectivity index (χ1) is 13.4. The van der Waals surface area contributed by atoms with Crippen LogP contribution in [-0.4, -0.2) is 67.1 Å². The summed E-state index contributed by atoms with van der Waals surface area (Å²) in [5.74, 6) is 1.99. The maximum Gasteiger partial charge on any atom is 0.214 e. The minimum atomic E-state index is -3.11. The summed E-state index contributed by atoms with van der Waals surface area (Å²) in [6.45, 7) is 3.54. The van der Waals surface area contributed by atoms with Gasteiger partial charge in [0.1, 0.15) is 0 Å². The van der Waals surface area contributed by atoms with Gasteiger partial charge in [-0.25, -0.2) is 12.7 Å². The molecule has 1 heterocycles. The van der Waals surface area contributed by atoms with Gasteiger partial charge < -0.3 is 10.6 Å². The zero-order valence-corrected chi connectivity index (χ0v) is 18.4. The standard InChI is InChI=1S/C19H32N4O3S2/c1-3-15-28(25,26)23-12-9-18(10-13-23)22-19(20-2)21-11-14-27(24)16-17-7-5-4-6-8-17/h4-8,18H,3,9-16H2,1-2H3,(H2,20,21,22). The van der Waals surface area contributed by atoms with Gasteiger partial charge in [0.2, 0.25) is 10.0 Å². The van der Waals surface area contributed by atoms with E-state index in [4.69, 9.17) is 0 Å². The Balaban J connectivity index is 1.70. The second-order valence-electron chi connectivity index (χ2n) is 6.91. The SMILES string of the molecule is CCCS(=O)(=O)N1CCC(NC(=NC)NCCS(=O)Cc2ccccc2)CC1. The second kappa shape index (κ2) is 11.5. The number of aliphatic imine (C=N–C) groups is 1. The van der Waals surface area contributed by atoms with Crippen LogP contribution >= 0.6 is 0 Å². The summed E-state index contributed by atoms with van der Waals surface area (Å²) in [7, 11) is -2.34. The van der Waals surface area contributed by atoms with Crippen molar-refractivity contribution < 1.29 is 12.6 Å². The Morgan fingerprint density at radius 3 is 2.54 bits per heavy atom. The van der Waals surface area contributed by atoms with Gasteiger partial charge in [0.25, 0.3) is 0 Å². The van der Waals surface area contributed by atoms with Gasteiger partial charge in [-0.05, 0) is 24.8 Å². The number of piperidine rings is 1. The molecule has 1 aliphatic heterocycles. The Morgan fingerprint density at radius 2 is 1.93 bits per heavy atom. The van der Waals surface area contributed by atoms with Gasteiger partial charge in [-0.2, -0.15) is 0 Å². The van der Waals surface area contributed by atoms with Crippen molar-refractivity contribution in [2.45, 2.75) is 38.0 Å². The van der Waals surface area contributed by atoms with E-state index in [-0.39, 0.29) is 11.8 Å². The Labute approximate surface area is 171 Å². The largest absolute Gasteiger partial charge is 0.355 e. The molecule has 1 unspecified atom stereocenters. The molecule has 1 fully saturated rings. The van der Waals surface area contributed by atoms with E-state index in [9.17, 15) is 12.6 Å². The van der Waals surface area contributed by atoms with Crippen LogP contribution in [0.4, 0.5) is 0 Å². The molecular formula is C19H32N4O3S2. The molecule has 0 bridgehead atoms. The maximum absolute atomic E-state index is 12.2. The summed E-state index contributed by atoms with van der Waals surface area (Å²) < 4.78 is 38.1. The molecule has 0 spiro atoms. The molecule has 1 aromatic rings. The minimum absolute atomic E-state index is 0.189. The summed E-state index contributed by atoms with van der Waals surface area (Å²) in [5.41, 5.74) is 1.08. The lowest BCUT2D eigenvalue weighted by Gasteiger charge is -2.32. The molecule has 0 radical (unpaired) electrons. The molecule has 9 heteroatoms. The van der Waals surface area contributed by atoms with Crippen LogP contribution in [0.3, 0.4) is 0 Å². The average molecular weight is 429 g/mol. The molecule has 2 N–H and O–H groups in total. The van der Waals surface area contributed by atoms with Crippen LogP contribution < -0.4 is 10.6 Å². The highest BCUT2D eigenvalue weighted by atomic mass is 32.2. The molecule has 0 aliphatic carbocycles. The van der Waals surface area contributed by atoms with E-state index < -0.39 is 20.8 Å². The predicted molar refractivity (Wildman–Crippen MR) is 116 cm³/mol. The molecule has 1 aromatic carbocycles. The number of hydrogen-bond donors (Lipinski definition) is 2. The third-order valence-corrected chi connectivity index (χ3v) is 8.06. The zero-order chi connectivity index (χ0) is 20.4. The van der Waals surface area contributed by atoms with E-state index in [0.717, 1.165) is 18.4 Å². The van der Waals surface area contributed by atoms with E-state index in [0.29, 0.717) is 43.5 Å². The molecule has 7 nitrogen and oxygen atoms in total. The van der Waals surface area contributed by atoms with E-state index in [2.05, 4.69) is 15.6 Å². The molecule has 1 aliphatic rings. The van der Waals surface area contributed by atoms with Crippen LogP contribution in [0.2, 0.25) is 0 Å². The number of guanidine groups is 1. The average Bonchev–Trinajstić information content (AvgIpc) is 2.68. The van der Waals surface area contributed by atoms with Crippen LogP contribution in [0.1, 0.15) is 31.7 Å². The predicted octanol–water partition coefficient (Wildman–Crippen LogP) is 1.30. The summed E-state index contributed by atoms with van der Waals surface area (Å²) in [6.07, 6.45) is 2.15. The Bertz CT molecular complexity index is 746. The Hall–Kier alpha value is -1.45. The topological polar surface area (TPSA) is 90.9 Å². The number of benzene rings is 1. The molecule has 28 heavy (non-hydrogen) atoms. The molecule has 0 aromatic heterocycles. The van der Waals surface area contributed by atoms with Crippen molar-refractivity contribution in [3.05, 3.63) is 35.9 Å². The maximum atomic E-state index is 12.2. The molecule has 2 rings (SSSR count). The van der Waals surface area contributed by atoms with Crippen molar-refractivity contribution in [3.63, 3.8) is 0 Å². The van der Waals surface area contributed by atoms with Crippen LogP contribution in [0, 0.1) is 0 Å². The lowest BCUT2D eigenvalue weighted by molar-refractivity contribution is 0.306. The van der Waals surface area contributed by atoms with E-state index >= 15 is 0 Å². The number of nitrogens with zero attached hydrogens (tertiary/aromatic N) is 2. The van der Waals surface area contributed by atoms with Crippen LogP contribution in [0.15, 0.2) is 35.3 Å². The third kappa shape index (κ3) is 7.52. The summed E-state index contributed by atoms with van der Waals surface area (Å²) in [4.78, 5) is 4.22. The molecule has 158 valence electrons. The quantitative estimate of drug-likeness (QED) is 0.457. The van der Waals surface area contributed by atoms with Gasteiger partial charge >= 0.3 is 0 Å². The van der Waals surface area contributed by atoms with E-state index in [1.54, 1.807) is 11.4 Å². The Morgan fingerprint density at radius 1 is 1.25 bits per heavy atom. The fourth-order valence-electron chi connectivity index (χ4n) is 3.17. The van der Waals surface area contributed by atoms with Gasteiger partial charge in [0, 0.05) is 55.0 Å². The lowest BCUT2D eigenvalue weighted by atomic mass is 10.1. The molecule has 1 atom stereocenters. The normalized spacial score (nSPS) is 18.0. The van der Waals surface area contributed by atoms with Crippen LogP contribution in [-0.2, 0) is 26.6 Å². The second-order valence-corrected chi connectivity index (χ2v) is 10.6. The smallest absolute Gasteiger partial charge is 0.214 e. The number of hydrogen-bond acceptors (Lipinski definition) is 4. The van der Waals surface area contributed by atoms with Gasteiger partial charge in [-0.3, -0.25) is 9.20 Å². The van der Waals surface area contributed by atoms with Gasteiger partial charge in [-0.15, -0.1) is 0 Å². The fraction of sp³-hybridized carbons (Fsp3) is 0.632. The van der Waals surface area contributed by atoms with Crippen molar-refractivity contribution in [2.24, 2.45) is 4.99 Å². The lowest BCUT2D eigenvalue weighted by Crippen LogP contribution is -2.50. The molecular weight excluding hydrogens is 396 g/mol. The highest BCUT2D eigenvalue weighted by Gasteiger charge is 2.27. The van der Waals surface area contributed by atoms with Crippen LogP contribution in [0.25, 0.3) is 0 Å². The monoisotopic (exact) mass is 428 g/mol. The summed E-state index contributed by atoms with van der Waals surface area (Å²) >= 11 is 0. The van der Waals surface area contributed by atoms with Gasteiger partial charge in [0.05, 0.1) is 5.75 Å². The highest BCUT2D eigenvalue weighted by Crippen LogP contribution is 2.15. The van der Waals surface area contributed by atoms with Gasteiger partial charge in [-0.1, -0.05) is 37.3 Å². The first-order valence-corrected chi connectivity index (χ1v) is 12.9. The van der Waals surface area contributed by atoms with Crippen LogP contribution in [0.5, 0.6) is 0 Å². The Kier molecular flexibility index (Phi) is 9.40. The first-order valence-electron chi connectivity index (χ1n) is 9.78. The fourth-order valence-corrected chi connectivity index (χ4v) is 5.75. The zero-order valence-electron chi connectivity index (χ0n) is 16.8. The van der Waals surface area contributed by atoms with E-state index in [1.807, 2.05) is 37.3 Å². The molecule has 1 saturated heterocycles. The summed E-state index contributed by atoms with van der Waals surface area (Å²) in [5, 5.41) is 6.56. The van der Waals surface area contributed by atoms with Gasteiger partial charge in [0.15, 0.2) is 5.96 Å². The highest BCUT2D eigenvalue weighted by molar-refractivity contribution is 7.89. The van der Waals surface area contributed by atoms with E-state index in [1.165, 1.54) is 0 Å².